The third-order valence-corrected chi connectivity index (χ3v) is 1.67. The normalized spacial score (nSPS) is 14.6. The van der Waals surface area contributed by atoms with Gasteiger partial charge in [0.25, 0.3) is 0 Å². The number of hydrogen-bond donors (Lipinski definition) is 1. The Hall–Kier alpha value is -1.29. The quantitative estimate of drug-likeness (QED) is 0.781. The molecule has 0 saturated heterocycles. The summed E-state index contributed by atoms with van der Waals surface area (Å²) in [6.45, 7) is 0. The Balaban J connectivity index is 2.66. The molecule has 2 N–H and O–H groups in total. The van der Waals surface area contributed by atoms with Crippen LogP contribution in [-0.2, 0) is 0 Å². The van der Waals surface area contributed by atoms with Crippen LogP contribution in [0, 0.1) is 0 Å². The summed E-state index contributed by atoms with van der Waals surface area (Å²) in [4.78, 5) is 0. The molecule has 0 heterocycles. The zero-order valence-corrected chi connectivity index (χ0v) is 7.33. The van der Waals surface area contributed by atoms with Crippen LogP contribution in [0.4, 0.5) is 13.2 Å². The van der Waals surface area contributed by atoms with Crippen molar-refractivity contribution in [3.05, 3.63) is 42.0 Å². The smallest absolute Gasteiger partial charge is 0.317 e. The largest absolute Gasteiger partial charge is 0.407 e. The molecule has 0 amide bonds. The number of hydrogen-bond acceptors (Lipinski definition) is 1. The molecule has 1 aromatic carbocycles. The maximum absolute atomic E-state index is 12.0. The molecule has 0 aliphatic carbocycles. The lowest BCUT2D eigenvalue weighted by Crippen LogP contribution is -2.35. The Bertz CT molecular complexity index is 303. The Morgan fingerprint density at radius 2 is 1.71 bits per heavy atom. The fraction of sp³-hybridized carbons (Fsp3) is 0.200. The summed E-state index contributed by atoms with van der Waals surface area (Å²) in [5.74, 6) is 0. The zero-order chi connectivity index (χ0) is 10.6. The van der Waals surface area contributed by atoms with Crippen LogP contribution in [0.2, 0.25) is 0 Å². The first kappa shape index (κ1) is 10.8. The molecular formula is C10H10F3N. The number of nitrogens with two attached hydrogens (primary N) is 1. The summed E-state index contributed by atoms with van der Waals surface area (Å²) in [6.07, 6.45) is -2.07. The Labute approximate surface area is 80.0 Å². The minimum absolute atomic E-state index is 0.701. The molecule has 0 spiro atoms. The van der Waals surface area contributed by atoms with Gasteiger partial charge in [0.05, 0.1) is 0 Å². The van der Waals surface area contributed by atoms with Crippen LogP contribution in [0.3, 0.4) is 0 Å². The third-order valence-electron chi connectivity index (χ3n) is 1.67. The summed E-state index contributed by atoms with van der Waals surface area (Å²) in [7, 11) is 0. The van der Waals surface area contributed by atoms with E-state index in [1.807, 2.05) is 0 Å². The second-order valence-electron chi connectivity index (χ2n) is 2.84. The predicted molar refractivity (Wildman–Crippen MR) is 49.5 cm³/mol. The van der Waals surface area contributed by atoms with E-state index in [0.717, 1.165) is 6.08 Å². The van der Waals surface area contributed by atoms with Crippen LogP contribution in [0.1, 0.15) is 5.56 Å². The van der Waals surface area contributed by atoms with Crippen LogP contribution < -0.4 is 5.73 Å². The highest BCUT2D eigenvalue weighted by Gasteiger charge is 2.34. The van der Waals surface area contributed by atoms with Crippen molar-refractivity contribution in [2.24, 2.45) is 5.73 Å². The van der Waals surface area contributed by atoms with Gasteiger partial charge in [-0.2, -0.15) is 13.2 Å². The fourth-order valence-electron chi connectivity index (χ4n) is 0.888. The monoisotopic (exact) mass is 201 g/mol. The van der Waals surface area contributed by atoms with E-state index < -0.39 is 12.2 Å². The number of benzene rings is 1. The number of rotatable bonds is 2. The van der Waals surface area contributed by atoms with E-state index in [-0.39, 0.29) is 0 Å². The van der Waals surface area contributed by atoms with Crippen LogP contribution in [-0.4, -0.2) is 12.2 Å². The lowest BCUT2D eigenvalue weighted by atomic mass is 10.2. The first-order valence-corrected chi connectivity index (χ1v) is 4.05. The molecule has 1 aromatic rings. The SMILES string of the molecule is NC(C=Cc1ccccc1)C(F)(F)F. The third kappa shape index (κ3) is 3.22. The highest BCUT2D eigenvalue weighted by Crippen LogP contribution is 2.19. The summed E-state index contributed by atoms with van der Waals surface area (Å²) in [6, 6.07) is 6.81. The highest BCUT2D eigenvalue weighted by molar-refractivity contribution is 5.49. The van der Waals surface area contributed by atoms with E-state index in [2.05, 4.69) is 0 Å². The standard InChI is InChI=1S/C10H10F3N/c11-10(12,13)9(14)7-6-8-4-2-1-3-5-8/h1-7,9H,14H2. The van der Waals surface area contributed by atoms with E-state index in [1.165, 1.54) is 6.08 Å². The Kier molecular flexibility index (Phi) is 3.30. The highest BCUT2D eigenvalue weighted by atomic mass is 19.4. The molecule has 0 bridgehead atoms. The van der Waals surface area contributed by atoms with Gasteiger partial charge < -0.3 is 5.73 Å². The van der Waals surface area contributed by atoms with Gasteiger partial charge in [0.1, 0.15) is 6.04 Å². The van der Waals surface area contributed by atoms with Gasteiger partial charge >= 0.3 is 6.18 Å². The van der Waals surface area contributed by atoms with Gasteiger partial charge in [-0.1, -0.05) is 42.5 Å². The van der Waals surface area contributed by atoms with Crippen molar-refractivity contribution in [3.63, 3.8) is 0 Å². The van der Waals surface area contributed by atoms with E-state index in [4.69, 9.17) is 5.73 Å². The van der Waals surface area contributed by atoms with Crippen molar-refractivity contribution in [1.82, 2.24) is 0 Å². The lowest BCUT2D eigenvalue weighted by Gasteiger charge is -2.10. The molecule has 1 rings (SSSR count). The molecule has 4 heteroatoms. The molecule has 1 unspecified atom stereocenters. The van der Waals surface area contributed by atoms with Crippen molar-refractivity contribution >= 4 is 6.08 Å². The summed E-state index contributed by atoms with van der Waals surface area (Å²) in [5.41, 5.74) is 5.59. The summed E-state index contributed by atoms with van der Waals surface area (Å²) >= 11 is 0. The van der Waals surface area contributed by atoms with Gasteiger partial charge in [-0.3, -0.25) is 0 Å². The molecule has 0 aliphatic rings. The van der Waals surface area contributed by atoms with E-state index >= 15 is 0 Å². The van der Waals surface area contributed by atoms with Gasteiger partial charge in [0.2, 0.25) is 0 Å². The van der Waals surface area contributed by atoms with Gasteiger partial charge in [0, 0.05) is 0 Å². The lowest BCUT2D eigenvalue weighted by molar-refractivity contribution is -0.136. The molecule has 0 aliphatic heterocycles. The first-order valence-electron chi connectivity index (χ1n) is 4.05. The summed E-state index contributed by atoms with van der Waals surface area (Å²) < 4.78 is 35.9. The second kappa shape index (κ2) is 4.28. The van der Waals surface area contributed by atoms with Gasteiger partial charge in [-0.05, 0) is 5.56 Å². The topological polar surface area (TPSA) is 26.0 Å². The Morgan fingerprint density at radius 1 is 1.14 bits per heavy atom. The van der Waals surface area contributed by atoms with Crippen molar-refractivity contribution < 1.29 is 13.2 Å². The maximum atomic E-state index is 12.0. The molecule has 0 aromatic heterocycles. The van der Waals surface area contributed by atoms with Crippen LogP contribution >= 0.6 is 0 Å². The fourth-order valence-corrected chi connectivity index (χ4v) is 0.888. The average Bonchev–Trinajstić information content (AvgIpc) is 2.14. The van der Waals surface area contributed by atoms with E-state index in [1.54, 1.807) is 30.3 Å². The number of alkyl halides is 3. The van der Waals surface area contributed by atoms with Gasteiger partial charge in [0.15, 0.2) is 0 Å². The molecule has 0 fully saturated rings. The van der Waals surface area contributed by atoms with Gasteiger partial charge in [-0.15, -0.1) is 0 Å². The molecule has 76 valence electrons. The minimum Gasteiger partial charge on any atom is -0.317 e. The van der Waals surface area contributed by atoms with Gasteiger partial charge in [-0.25, -0.2) is 0 Å². The molecule has 0 radical (unpaired) electrons. The number of halogens is 3. The molecular weight excluding hydrogens is 191 g/mol. The molecule has 0 saturated carbocycles. The molecule has 14 heavy (non-hydrogen) atoms. The molecule has 1 atom stereocenters. The zero-order valence-electron chi connectivity index (χ0n) is 7.33. The van der Waals surface area contributed by atoms with Crippen LogP contribution in [0.25, 0.3) is 6.08 Å². The second-order valence-corrected chi connectivity index (χ2v) is 2.84. The van der Waals surface area contributed by atoms with Crippen LogP contribution in [0.15, 0.2) is 36.4 Å². The first-order chi connectivity index (χ1) is 6.50. The minimum atomic E-state index is -4.37. The van der Waals surface area contributed by atoms with Crippen LogP contribution in [0.5, 0.6) is 0 Å². The van der Waals surface area contributed by atoms with Crippen molar-refractivity contribution in [3.8, 4) is 0 Å². The van der Waals surface area contributed by atoms with Crippen molar-refractivity contribution in [1.29, 1.82) is 0 Å². The van der Waals surface area contributed by atoms with E-state index in [0.29, 0.717) is 5.56 Å². The predicted octanol–water partition coefficient (Wildman–Crippen LogP) is 2.59. The molecule has 1 nitrogen and oxygen atoms in total. The van der Waals surface area contributed by atoms with Crippen molar-refractivity contribution in [2.45, 2.75) is 12.2 Å². The summed E-state index contributed by atoms with van der Waals surface area (Å²) in [5, 5.41) is 0. The Morgan fingerprint density at radius 3 is 2.21 bits per heavy atom. The maximum Gasteiger partial charge on any atom is 0.407 e. The van der Waals surface area contributed by atoms with E-state index in [9.17, 15) is 13.2 Å². The van der Waals surface area contributed by atoms with Crippen molar-refractivity contribution in [2.75, 3.05) is 0 Å². The average molecular weight is 201 g/mol.